The zero-order valence-electron chi connectivity index (χ0n) is 12.3. The molecule has 1 aromatic rings. The average molecular weight is 305 g/mol. The lowest BCUT2D eigenvalue weighted by Gasteiger charge is -2.28. The Hall–Kier alpha value is -1.00. The summed E-state index contributed by atoms with van der Waals surface area (Å²) in [4.78, 5) is 12.5. The number of thioether (sulfide) groups is 1. The van der Waals surface area contributed by atoms with Crippen LogP contribution in [0.5, 0.6) is 0 Å². The molecule has 3 nitrogen and oxygen atoms in total. The number of benzene rings is 1. The minimum absolute atomic E-state index is 0.0662. The van der Waals surface area contributed by atoms with Crippen molar-refractivity contribution in [1.82, 2.24) is 5.32 Å². The molecule has 0 radical (unpaired) electrons. The lowest BCUT2D eigenvalue weighted by Crippen LogP contribution is -2.36. The fourth-order valence-corrected chi connectivity index (χ4v) is 4.61. The van der Waals surface area contributed by atoms with Gasteiger partial charge in [0.25, 0.3) is 0 Å². The van der Waals surface area contributed by atoms with Crippen molar-refractivity contribution in [2.45, 2.75) is 43.5 Å². The van der Waals surface area contributed by atoms with Gasteiger partial charge < -0.3 is 10.4 Å². The molecule has 3 atom stereocenters. The molecule has 1 heterocycles. The van der Waals surface area contributed by atoms with Crippen LogP contribution in [-0.2, 0) is 11.2 Å². The lowest BCUT2D eigenvalue weighted by molar-refractivity contribution is -0.121. The summed E-state index contributed by atoms with van der Waals surface area (Å²) < 4.78 is 0. The number of carbonyl (C=O) groups excluding carboxylic acids is 1. The van der Waals surface area contributed by atoms with E-state index in [2.05, 4.69) is 17.4 Å². The molecule has 3 rings (SSSR count). The molecule has 4 heteroatoms. The number of rotatable bonds is 3. The number of aliphatic hydroxyl groups is 1. The first-order chi connectivity index (χ1) is 10.2. The number of fused-ring (bicyclic) bond motifs is 1. The molecule has 1 aromatic carbocycles. The molecule has 1 aliphatic carbocycles. The van der Waals surface area contributed by atoms with Gasteiger partial charge in [-0.25, -0.2) is 0 Å². The third kappa shape index (κ3) is 3.61. The van der Waals surface area contributed by atoms with E-state index in [4.69, 9.17) is 0 Å². The molecule has 21 heavy (non-hydrogen) atoms. The minimum Gasteiger partial charge on any atom is -0.393 e. The summed E-state index contributed by atoms with van der Waals surface area (Å²) >= 11 is 1.74. The molecule has 3 unspecified atom stereocenters. The van der Waals surface area contributed by atoms with Crippen LogP contribution in [0.3, 0.4) is 0 Å². The second-order valence-electron chi connectivity index (χ2n) is 6.13. The van der Waals surface area contributed by atoms with Crippen LogP contribution in [0.25, 0.3) is 0 Å². The fourth-order valence-electron chi connectivity index (χ4n) is 3.40. The van der Waals surface area contributed by atoms with Crippen LogP contribution in [0.4, 0.5) is 0 Å². The molecule has 2 aliphatic rings. The van der Waals surface area contributed by atoms with Gasteiger partial charge in [0.1, 0.15) is 5.25 Å². The molecule has 1 amide bonds. The van der Waals surface area contributed by atoms with Gasteiger partial charge in [0.05, 0.1) is 6.10 Å². The van der Waals surface area contributed by atoms with Crippen molar-refractivity contribution in [2.24, 2.45) is 5.92 Å². The quantitative estimate of drug-likeness (QED) is 0.902. The summed E-state index contributed by atoms with van der Waals surface area (Å²) in [6, 6.07) is 8.28. The normalized spacial score (nSPS) is 28.7. The maximum Gasteiger partial charge on any atom is 0.237 e. The Morgan fingerprint density at radius 1 is 1.33 bits per heavy atom. The molecule has 0 saturated heterocycles. The van der Waals surface area contributed by atoms with Gasteiger partial charge in [0.15, 0.2) is 0 Å². The third-order valence-corrected chi connectivity index (χ3v) is 5.79. The molecular formula is C17H23NO2S. The number of aliphatic hydroxyl groups excluding tert-OH is 1. The van der Waals surface area contributed by atoms with Gasteiger partial charge in [-0.15, -0.1) is 11.8 Å². The van der Waals surface area contributed by atoms with Crippen molar-refractivity contribution in [2.75, 3.05) is 12.3 Å². The van der Waals surface area contributed by atoms with Gasteiger partial charge >= 0.3 is 0 Å². The van der Waals surface area contributed by atoms with Gasteiger partial charge in [-0.1, -0.05) is 30.7 Å². The van der Waals surface area contributed by atoms with E-state index in [1.807, 2.05) is 12.1 Å². The van der Waals surface area contributed by atoms with Gasteiger partial charge in [-0.3, -0.25) is 4.79 Å². The van der Waals surface area contributed by atoms with E-state index in [0.29, 0.717) is 12.5 Å². The minimum atomic E-state index is -0.176. The van der Waals surface area contributed by atoms with Crippen LogP contribution in [0.2, 0.25) is 0 Å². The van der Waals surface area contributed by atoms with Crippen LogP contribution in [0.1, 0.15) is 42.1 Å². The van der Waals surface area contributed by atoms with Gasteiger partial charge in [-0.05, 0) is 48.5 Å². The smallest absolute Gasteiger partial charge is 0.237 e. The van der Waals surface area contributed by atoms with E-state index >= 15 is 0 Å². The van der Waals surface area contributed by atoms with Crippen molar-refractivity contribution in [3.63, 3.8) is 0 Å². The van der Waals surface area contributed by atoms with E-state index < -0.39 is 0 Å². The van der Waals surface area contributed by atoms with Gasteiger partial charge in [-0.2, -0.15) is 0 Å². The van der Waals surface area contributed by atoms with Crippen LogP contribution >= 0.6 is 11.8 Å². The van der Waals surface area contributed by atoms with Gasteiger partial charge in [0.2, 0.25) is 5.91 Å². The Morgan fingerprint density at radius 2 is 2.19 bits per heavy atom. The number of amides is 1. The standard InChI is InChI=1S/C17H23NO2S/c19-14-6-3-4-12(10-14)11-18-17(20)16-15-7-2-1-5-13(15)8-9-21-16/h1-2,5,7,12,14,16,19H,3-4,6,8-11H2,(H,18,20). The molecule has 2 N–H and O–H groups in total. The summed E-state index contributed by atoms with van der Waals surface area (Å²) in [6.45, 7) is 0.703. The highest BCUT2D eigenvalue weighted by atomic mass is 32.2. The second kappa shape index (κ2) is 6.84. The molecule has 0 bridgehead atoms. The van der Waals surface area contributed by atoms with Crippen molar-refractivity contribution in [3.05, 3.63) is 35.4 Å². The lowest BCUT2D eigenvalue weighted by atomic mass is 9.87. The average Bonchev–Trinajstić information content (AvgIpc) is 2.52. The molecule has 1 saturated carbocycles. The number of hydrogen-bond acceptors (Lipinski definition) is 3. The molecule has 0 aromatic heterocycles. The van der Waals surface area contributed by atoms with Crippen molar-refractivity contribution in [1.29, 1.82) is 0 Å². The summed E-state index contributed by atoms with van der Waals surface area (Å²) in [7, 11) is 0. The highest BCUT2D eigenvalue weighted by Crippen LogP contribution is 2.36. The summed E-state index contributed by atoms with van der Waals surface area (Å²) in [5.74, 6) is 1.57. The Morgan fingerprint density at radius 3 is 3.05 bits per heavy atom. The Bertz CT molecular complexity index is 505. The third-order valence-electron chi connectivity index (χ3n) is 4.55. The number of aryl methyl sites for hydroxylation is 1. The fraction of sp³-hybridized carbons (Fsp3) is 0.588. The van der Waals surface area contributed by atoms with Crippen LogP contribution in [-0.4, -0.2) is 29.4 Å². The first-order valence-electron chi connectivity index (χ1n) is 7.89. The van der Waals surface area contributed by atoms with E-state index in [1.165, 1.54) is 11.1 Å². The SMILES string of the molecule is O=C(NCC1CCCC(O)C1)C1SCCc2ccccc21. The molecule has 1 aliphatic heterocycles. The Kier molecular flexibility index (Phi) is 4.86. The van der Waals surface area contributed by atoms with E-state index in [-0.39, 0.29) is 17.3 Å². The highest BCUT2D eigenvalue weighted by Gasteiger charge is 2.28. The monoisotopic (exact) mass is 305 g/mol. The molecular weight excluding hydrogens is 282 g/mol. The first-order valence-corrected chi connectivity index (χ1v) is 8.94. The predicted molar refractivity (Wildman–Crippen MR) is 86.3 cm³/mol. The van der Waals surface area contributed by atoms with Crippen molar-refractivity contribution < 1.29 is 9.90 Å². The van der Waals surface area contributed by atoms with Crippen LogP contribution in [0.15, 0.2) is 24.3 Å². The zero-order valence-corrected chi connectivity index (χ0v) is 13.1. The van der Waals surface area contributed by atoms with Crippen molar-refractivity contribution in [3.8, 4) is 0 Å². The maximum absolute atomic E-state index is 12.5. The van der Waals surface area contributed by atoms with E-state index in [1.54, 1.807) is 11.8 Å². The van der Waals surface area contributed by atoms with Gasteiger partial charge in [0, 0.05) is 6.54 Å². The van der Waals surface area contributed by atoms with E-state index in [0.717, 1.165) is 37.9 Å². The number of nitrogens with one attached hydrogen (secondary N) is 1. The second-order valence-corrected chi connectivity index (χ2v) is 7.34. The summed E-state index contributed by atoms with van der Waals surface area (Å²) in [5.41, 5.74) is 2.49. The Labute approximate surface area is 130 Å². The Balaban J connectivity index is 1.59. The zero-order chi connectivity index (χ0) is 14.7. The maximum atomic E-state index is 12.5. The van der Waals surface area contributed by atoms with Crippen LogP contribution in [0, 0.1) is 5.92 Å². The summed E-state index contributed by atoms with van der Waals surface area (Å²) in [5, 5.41) is 12.8. The molecule has 114 valence electrons. The van der Waals surface area contributed by atoms with E-state index in [9.17, 15) is 9.90 Å². The summed E-state index contributed by atoms with van der Waals surface area (Å²) in [6.07, 6.45) is 4.81. The number of carbonyl (C=O) groups is 1. The number of hydrogen-bond donors (Lipinski definition) is 2. The highest BCUT2D eigenvalue weighted by molar-refractivity contribution is 8.00. The molecule has 1 fully saturated rings. The first kappa shape index (κ1) is 14.9. The molecule has 0 spiro atoms. The topological polar surface area (TPSA) is 49.3 Å². The van der Waals surface area contributed by atoms with Crippen LogP contribution < -0.4 is 5.32 Å². The van der Waals surface area contributed by atoms with Crippen molar-refractivity contribution >= 4 is 17.7 Å². The largest absolute Gasteiger partial charge is 0.393 e. The predicted octanol–water partition coefficient (Wildman–Crippen LogP) is 2.68.